The molecule has 2 aromatic rings. The lowest BCUT2D eigenvalue weighted by atomic mass is 10.1. The molecule has 0 radical (unpaired) electrons. The largest absolute Gasteiger partial charge is 0.354 e. The van der Waals surface area contributed by atoms with E-state index in [1.54, 1.807) is 19.1 Å². The highest BCUT2D eigenvalue weighted by molar-refractivity contribution is 7.92. The van der Waals surface area contributed by atoms with E-state index in [4.69, 9.17) is 11.6 Å². The Hall–Kier alpha value is -2.65. The van der Waals surface area contributed by atoms with Crippen molar-refractivity contribution in [3.8, 4) is 0 Å². The average molecular weight is 426 g/mol. The first-order valence-electron chi connectivity index (χ1n) is 8.32. The number of benzene rings is 2. The first kappa shape index (κ1) is 21.6. The fourth-order valence-electron chi connectivity index (χ4n) is 2.54. The fourth-order valence-corrected chi connectivity index (χ4v) is 3.58. The number of carbonyl (C=O) groups is 1. The molecule has 0 saturated carbocycles. The number of aryl methyl sites for hydroxylation is 1. The Bertz CT molecular complexity index is 977. The molecule has 0 fully saturated rings. The van der Waals surface area contributed by atoms with Crippen LogP contribution in [0.1, 0.15) is 11.1 Å². The van der Waals surface area contributed by atoms with Crippen LogP contribution in [0, 0.1) is 17.0 Å². The van der Waals surface area contributed by atoms with Crippen LogP contribution in [0.25, 0.3) is 0 Å². The number of sulfonamides is 1. The van der Waals surface area contributed by atoms with Gasteiger partial charge in [0.15, 0.2) is 0 Å². The monoisotopic (exact) mass is 425 g/mol. The predicted molar refractivity (Wildman–Crippen MR) is 108 cm³/mol. The second kappa shape index (κ2) is 9.03. The molecular weight excluding hydrogens is 406 g/mol. The minimum absolute atomic E-state index is 0.101. The molecule has 0 saturated heterocycles. The van der Waals surface area contributed by atoms with Crippen molar-refractivity contribution in [2.45, 2.75) is 13.3 Å². The van der Waals surface area contributed by atoms with Gasteiger partial charge < -0.3 is 5.32 Å². The smallest absolute Gasteiger partial charge is 0.271 e. The van der Waals surface area contributed by atoms with Crippen LogP contribution >= 0.6 is 11.6 Å². The van der Waals surface area contributed by atoms with Gasteiger partial charge in [0.2, 0.25) is 15.9 Å². The molecule has 1 N–H and O–H groups in total. The van der Waals surface area contributed by atoms with Crippen molar-refractivity contribution in [3.63, 3.8) is 0 Å². The number of nitro benzene ring substituents is 1. The van der Waals surface area contributed by atoms with Gasteiger partial charge >= 0.3 is 0 Å². The van der Waals surface area contributed by atoms with Crippen molar-refractivity contribution >= 4 is 38.9 Å². The Morgan fingerprint density at radius 1 is 1.21 bits per heavy atom. The summed E-state index contributed by atoms with van der Waals surface area (Å²) in [5.74, 6) is -0.509. The molecule has 1 amide bonds. The zero-order valence-electron chi connectivity index (χ0n) is 15.4. The van der Waals surface area contributed by atoms with Gasteiger partial charge in [-0.15, -0.1) is 0 Å². The Morgan fingerprint density at radius 3 is 2.43 bits per heavy atom. The Kier molecular flexibility index (Phi) is 6.98. The molecule has 0 aromatic heterocycles. The maximum Gasteiger partial charge on any atom is 0.271 e. The fraction of sp³-hybridized carbons (Fsp3) is 0.278. The Labute approximate surface area is 168 Å². The molecule has 0 atom stereocenters. The average Bonchev–Trinajstić information content (AvgIpc) is 2.61. The van der Waals surface area contributed by atoms with Crippen molar-refractivity contribution < 1.29 is 18.1 Å². The molecule has 2 rings (SSSR count). The van der Waals surface area contributed by atoms with Gasteiger partial charge in [0.25, 0.3) is 5.69 Å². The van der Waals surface area contributed by atoms with E-state index in [1.165, 1.54) is 12.1 Å². The normalized spacial score (nSPS) is 11.1. The van der Waals surface area contributed by atoms with Gasteiger partial charge in [0.1, 0.15) is 6.54 Å². The van der Waals surface area contributed by atoms with E-state index < -0.39 is 27.4 Å². The van der Waals surface area contributed by atoms with E-state index in [-0.39, 0.29) is 11.4 Å². The molecular formula is C18H20ClN3O5S. The maximum absolute atomic E-state index is 12.3. The van der Waals surface area contributed by atoms with E-state index in [0.717, 1.165) is 22.2 Å². The minimum Gasteiger partial charge on any atom is -0.354 e. The van der Waals surface area contributed by atoms with E-state index in [0.29, 0.717) is 23.6 Å². The van der Waals surface area contributed by atoms with Gasteiger partial charge in [-0.25, -0.2) is 8.42 Å². The topological polar surface area (TPSA) is 110 Å². The van der Waals surface area contributed by atoms with Gasteiger partial charge in [-0.2, -0.15) is 0 Å². The third kappa shape index (κ3) is 5.93. The number of carbonyl (C=O) groups excluding carboxylic acids is 1. The highest BCUT2D eigenvalue weighted by atomic mass is 35.5. The van der Waals surface area contributed by atoms with Gasteiger partial charge in [0.05, 0.1) is 16.9 Å². The van der Waals surface area contributed by atoms with Crippen LogP contribution in [0.2, 0.25) is 5.02 Å². The van der Waals surface area contributed by atoms with Gasteiger partial charge in [-0.05, 0) is 36.6 Å². The summed E-state index contributed by atoms with van der Waals surface area (Å²) in [6.45, 7) is 1.46. The second-order valence-electron chi connectivity index (χ2n) is 6.22. The Morgan fingerprint density at radius 2 is 1.86 bits per heavy atom. The standard InChI is InChI=1S/C18H20ClN3O5S/c1-13-3-8-16(22(24)25)11-17(13)21(28(2,26)27)12-18(23)20-10-9-14-4-6-15(19)7-5-14/h3-8,11H,9-10,12H2,1-2H3,(H,20,23). The number of halogens is 1. The van der Waals surface area contributed by atoms with E-state index >= 15 is 0 Å². The lowest BCUT2D eigenvalue weighted by Crippen LogP contribution is -2.41. The lowest BCUT2D eigenvalue weighted by Gasteiger charge is -2.23. The molecule has 0 aliphatic heterocycles. The summed E-state index contributed by atoms with van der Waals surface area (Å²) in [5.41, 5.74) is 1.33. The van der Waals surface area contributed by atoms with E-state index in [2.05, 4.69) is 5.32 Å². The van der Waals surface area contributed by atoms with Crippen molar-refractivity contribution in [1.82, 2.24) is 5.32 Å². The zero-order chi connectivity index (χ0) is 20.9. The van der Waals surface area contributed by atoms with Crippen LogP contribution in [0.5, 0.6) is 0 Å². The van der Waals surface area contributed by atoms with Crippen LogP contribution < -0.4 is 9.62 Å². The van der Waals surface area contributed by atoms with Crippen LogP contribution in [-0.2, 0) is 21.2 Å². The first-order valence-corrected chi connectivity index (χ1v) is 10.5. The van der Waals surface area contributed by atoms with Crippen molar-refractivity contribution in [2.75, 3.05) is 23.7 Å². The molecule has 150 valence electrons. The lowest BCUT2D eigenvalue weighted by molar-refractivity contribution is -0.384. The number of nitrogens with one attached hydrogen (secondary N) is 1. The number of non-ortho nitro benzene ring substituents is 1. The van der Waals surface area contributed by atoms with Crippen LogP contribution in [0.15, 0.2) is 42.5 Å². The molecule has 0 aliphatic carbocycles. The summed E-state index contributed by atoms with van der Waals surface area (Å²) in [4.78, 5) is 22.7. The van der Waals surface area contributed by atoms with Gasteiger partial charge in [-0.1, -0.05) is 29.8 Å². The number of hydrogen-bond donors (Lipinski definition) is 1. The second-order valence-corrected chi connectivity index (χ2v) is 8.57. The molecule has 0 unspecified atom stereocenters. The van der Waals surface area contributed by atoms with Crippen molar-refractivity contribution in [1.29, 1.82) is 0 Å². The summed E-state index contributed by atoms with van der Waals surface area (Å²) >= 11 is 5.82. The van der Waals surface area contributed by atoms with Crippen molar-refractivity contribution in [3.05, 3.63) is 68.7 Å². The number of hydrogen-bond acceptors (Lipinski definition) is 5. The third-order valence-electron chi connectivity index (χ3n) is 4.01. The van der Waals surface area contributed by atoms with Crippen LogP contribution in [0.3, 0.4) is 0 Å². The summed E-state index contributed by atoms with van der Waals surface area (Å²) < 4.78 is 25.3. The number of amides is 1. The van der Waals surface area contributed by atoms with Gasteiger partial charge in [0, 0.05) is 23.7 Å². The third-order valence-corrected chi connectivity index (χ3v) is 5.39. The molecule has 0 aliphatic rings. The van der Waals surface area contributed by atoms with Crippen molar-refractivity contribution in [2.24, 2.45) is 0 Å². The summed E-state index contributed by atoms with van der Waals surface area (Å²) in [5, 5.41) is 14.3. The molecule has 0 heterocycles. The predicted octanol–water partition coefficient (Wildman–Crippen LogP) is 2.68. The summed E-state index contributed by atoms with van der Waals surface area (Å²) in [7, 11) is -3.82. The molecule has 0 spiro atoms. The zero-order valence-corrected chi connectivity index (χ0v) is 17.0. The number of nitrogens with zero attached hydrogens (tertiary/aromatic N) is 2. The molecule has 8 nitrogen and oxygen atoms in total. The van der Waals surface area contributed by atoms with E-state index in [9.17, 15) is 23.3 Å². The van der Waals surface area contributed by atoms with Crippen LogP contribution in [-0.4, -0.2) is 38.6 Å². The molecule has 0 bridgehead atoms. The van der Waals surface area contributed by atoms with Gasteiger partial charge in [-0.3, -0.25) is 19.2 Å². The SMILES string of the molecule is Cc1ccc([N+](=O)[O-])cc1N(CC(=O)NCCc1ccc(Cl)cc1)S(C)(=O)=O. The maximum atomic E-state index is 12.3. The minimum atomic E-state index is -3.82. The number of nitro groups is 1. The Balaban J connectivity index is 2.10. The number of rotatable bonds is 8. The number of anilines is 1. The summed E-state index contributed by atoms with van der Waals surface area (Å²) in [6.07, 6.45) is 1.50. The molecule has 28 heavy (non-hydrogen) atoms. The molecule has 2 aromatic carbocycles. The highest BCUT2D eigenvalue weighted by Crippen LogP contribution is 2.27. The summed E-state index contributed by atoms with van der Waals surface area (Å²) in [6, 6.07) is 11.0. The van der Waals surface area contributed by atoms with Crippen LogP contribution in [0.4, 0.5) is 11.4 Å². The molecule has 10 heteroatoms. The quantitative estimate of drug-likeness (QED) is 0.516. The van der Waals surface area contributed by atoms with E-state index in [1.807, 2.05) is 12.1 Å². The first-order chi connectivity index (χ1) is 13.1. The highest BCUT2D eigenvalue weighted by Gasteiger charge is 2.24.